The Kier molecular flexibility index (Phi) is 4.45. The predicted octanol–water partition coefficient (Wildman–Crippen LogP) is 2.39. The highest BCUT2D eigenvalue weighted by molar-refractivity contribution is 7.88. The molecule has 1 fully saturated rings. The Hall–Kier alpha value is -2.71. The van der Waals surface area contributed by atoms with Crippen molar-refractivity contribution in [3.63, 3.8) is 0 Å². The molecule has 1 saturated heterocycles. The molecule has 27 heavy (non-hydrogen) atoms. The maximum atomic E-state index is 12.9. The first-order chi connectivity index (χ1) is 13.0. The molecule has 0 bridgehead atoms. The smallest absolute Gasteiger partial charge is 0.245 e. The Bertz CT molecular complexity index is 1080. The summed E-state index contributed by atoms with van der Waals surface area (Å²) in [6.45, 7) is 0.486. The molecule has 3 aromatic rings. The molecule has 1 amide bonds. The molecule has 0 radical (unpaired) electrons. The maximum absolute atomic E-state index is 12.9. The van der Waals surface area contributed by atoms with Gasteiger partial charge in [-0.05, 0) is 30.7 Å². The molecule has 0 saturated carbocycles. The fourth-order valence-corrected chi connectivity index (χ4v) is 4.72. The molecule has 8 heteroatoms. The van der Waals surface area contributed by atoms with E-state index in [1.807, 2.05) is 30.3 Å². The van der Waals surface area contributed by atoms with E-state index in [1.54, 1.807) is 29.2 Å². The standard InChI is InChI=1S/C19H19N3O4S/c1-21(17-11-12-22(19(17)23)14-7-3-2-4-8-14)27(24,25)13-16-15-9-5-6-10-18(15)26-20-16/h2-10,17H,11-13H2,1H3. The van der Waals surface area contributed by atoms with E-state index in [0.717, 1.165) is 5.69 Å². The van der Waals surface area contributed by atoms with E-state index < -0.39 is 16.1 Å². The Morgan fingerprint density at radius 1 is 1.15 bits per heavy atom. The van der Waals surface area contributed by atoms with Crippen molar-refractivity contribution in [2.45, 2.75) is 18.2 Å². The average Bonchev–Trinajstić information content (AvgIpc) is 3.25. The fraction of sp³-hybridized carbons (Fsp3) is 0.263. The molecule has 1 aliphatic rings. The quantitative estimate of drug-likeness (QED) is 0.673. The summed E-state index contributed by atoms with van der Waals surface area (Å²) in [6, 6.07) is 15.7. The summed E-state index contributed by atoms with van der Waals surface area (Å²) in [5.74, 6) is -0.521. The first-order valence-electron chi connectivity index (χ1n) is 8.63. The van der Waals surface area contributed by atoms with Gasteiger partial charge in [-0.2, -0.15) is 4.31 Å². The number of nitrogens with zero attached hydrogens (tertiary/aromatic N) is 3. The number of likely N-dealkylation sites (N-methyl/N-ethyl adjacent to an activating group) is 1. The monoisotopic (exact) mass is 385 g/mol. The SMILES string of the molecule is CN(C1CCN(c2ccccc2)C1=O)S(=O)(=O)Cc1noc2ccccc12. The summed E-state index contributed by atoms with van der Waals surface area (Å²) in [4.78, 5) is 14.4. The second-order valence-electron chi connectivity index (χ2n) is 6.53. The summed E-state index contributed by atoms with van der Waals surface area (Å²) < 4.78 is 32.1. The molecule has 1 aliphatic heterocycles. The minimum Gasteiger partial charge on any atom is -0.356 e. The van der Waals surface area contributed by atoms with Gasteiger partial charge in [0.05, 0.1) is 0 Å². The van der Waals surface area contributed by atoms with Gasteiger partial charge in [-0.25, -0.2) is 8.42 Å². The third-order valence-electron chi connectivity index (χ3n) is 4.89. The van der Waals surface area contributed by atoms with Crippen LogP contribution in [-0.2, 0) is 20.6 Å². The van der Waals surface area contributed by atoms with Gasteiger partial charge < -0.3 is 9.42 Å². The topological polar surface area (TPSA) is 83.7 Å². The van der Waals surface area contributed by atoms with Gasteiger partial charge in [0.25, 0.3) is 0 Å². The Labute approximate surface area is 157 Å². The summed E-state index contributed by atoms with van der Waals surface area (Å²) in [7, 11) is -2.28. The number of amides is 1. The van der Waals surface area contributed by atoms with Crippen molar-refractivity contribution < 1.29 is 17.7 Å². The van der Waals surface area contributed by atoms with Crippen molar-refractivity contribution in [3.05, 3.63) is 60.3 Å². The number of para-hydroxylation sites is 2. The van der Waals surface area contributed by atoms with Gasteiger partial charge in [0, 0.05) is 24.7 Å². The van der Waals surface area contributed by atoms with Crippen LogP contribution in [0.15, 0.2) is 59.1 Å². The lowest BCUT2D eigenvalue weighted by Gasteiger charge is -2.23. The zero-order valence-corrected chi connectivity index (χ0v) is 15.6. The van der Waals surface area contributed by atoms with Crippen LogP contribution in [0.25, 0.3) is 11.0 Å². The molecule has 1 unspecified atom stereocenters. The highest BCUT2D eigenvalue weighted by Gasteiger charge is 2.40. The van der Waals surface area contributed by atoms with Crippen molar-refractivity contribution in [2.75, 3.05) is 18.5 Å². The van der Waals surface area contributed by atoms with E-state index in [1.165, 1.54) is 11.4 Å². The van der Waals surface area contributed by atoms with Gasteiger partial charge in [0.2, 0.25) is 15.9 Å². The number of aromatic nitrogens is 1. The van der Waals surface area contributed by atoms with Crippen molar-refractivity contribution >= 4 is 32.6 Å². The Morgan fingerprint density at radius 3 is 2.63 bits per heavy atom. The number of carbonyl (C=O) groups excluding carboxylic acids is 1. The van der Waals surface area contributed by atoms with Crippen LogP contribution < -0.4 is 4.90 Å². The lowest BCUT2D eigenvalue weighted by atomic mass is 10.2. The van der Waals surface area contributed by atoms with E-state index in [-0.39, 0.29) is 11.7 Å². The highest BCUT2D eigenvalue weighted by atomic mass is 32.2. The van der Waals surface area contributed by atoms with Crippen molar-refractivity contribution in [1.82, 2.24) is 9.46 Å². The number of hydrogen-bond donors (Lipinski definition) is 0. The number of sulfonamides is 1. The molecule has 1 atom stereocenters. The van der Waals surface area contributed by atoms with Crippen LogP contribution in [0.2, 0.25) is 0 Å². The first-order valence-corrected chi connectivity index (χ1v) is 10.2. The van der Waals surface area contributed by atoms with E-state index >= 15 is 0 Å². The van der Waals surface area contributed by atoms with E-state index in [2.05, 4.69) is 5.16 Å². The normalized spacial score (nSPS) is 17.9. The zero-order valence-electron chi connectivity index (χ0n) is 14.8. The number of carbonyl (C=O) groups is 1. The molecule has 7 nitrogen and oxygen atoms in total. The summed E-state index contributed by atoms with van der Waals surface area (Å²) >= 11 is 0. The van der Waals surface area contributed by atoms with Gasteiger partial charge in [-0.3, -0.25) is 4.79 Å². The van der Waals surface area contributed by atoms with E-state index in [0.29, 0.717) is 29.6 Å². The third kappa shape index (κ3) is 3.22. The number of fused-ring (bicyclic) bond motifs is 1. The molecule has 0 spiro atoms. The Balaban J connectivity index is 1.55. The van der Waals surface area contributed by atoms with Gasteiger partial charge in [0.1, 0.15) is 17.5 Å². The van der Waals surface area contributed by atoms with Crippen molar-refractivity contribution in [3.8, 4) is 0 Å². The fourth-order valence-electron chi connectivity index (χ4n) is 3.38. The van der Waals surface area contributed by atoms with Crippen LogP contribution in [0.1, 0.15) is 12.1 Å². The molecule has 2 aromatic carbocycles. The van der Waals surface area contributed by atoms with Crippen LogP contribution in [0.3, 0.4) is 0 Å². The lowest BCUT2D eigenvalue weighted by Crippen LogP contribution is -2.43. The van der Waals surface area contributed by atoms with Crippen LogP contribution in [0, 0.1) is 0 Å². The summed E-state index contributed by atoms with van der Waals surface area (Å²) in [6.07, 6.45) is 0.447. The molecule has 2 heterocycles. The molecule has 140 valence electrons. The predicted molar refractivity (Wildman–Crippen MR) is 102 cm³/mol. The second-order valence-corrected chi connectivity index (χ2v) is 8.56. The number of rotatable bonds is 5. The molecule has 1 aromatic heterocycles. The van der Waals surface area contributed by atoms with Gasteiger partial charge in [-0.1, -0.05) is 35.5 Å². The summed E-state index contributed by atoms with van der Waals surface area (Å²) in [5.41, 5.74) is 1.67. The second kappa shape index (κ2) is 6.79. The average molecular weight is 385 g/mol. The van der Waals surface area contributed by atoms with Gasteiger partial charge >= 0.3 is 0 Å². The molecular formula is C19H19N3O4S. The maximum Gasteiger partial charge on any atom is 0.245 e. The van der Waals surface area contributed by atoms with Crippen LogP contribution in [0.4, 0.5) is 5.69 Å². The minimum atomic E-state index is -3.73. The highest BCUT2D eigenvalue weighted by Crippen LogP contribution is 2.27. The largest absolute Gasteiger partial charge is 0.356 e. The summed E-state index contributed by atoms with van der Waals surface area (Å²) in [5, 5.41) is 4.56. The van der Waals surface area contributed by atoms with Crippen molar-refractivity contribution in [1.29, 1.82) is 0 Å². The van der Waals surface area contributed by atoms with E-state index in [4.69, 9.17) is 4.52 Å². The van der Waals surface area contributed by atoms with E-state index in [9.17, 15) is 13.2 Å². The molecule has 0 N–H and O–H groups in total. The number of hydrogen-bond acceptors (Lipinski definition) is 5. The Morgan fingerprint density at radius 2 is 1.85 bits per heavy atom. The third-order valence-corrected chi connectivity index (χ3v) is 6.66. The molecular weight excluding hydrogens is 366 g/mol. The van der Waals surface area contributed by atoms with Crippen LogP contribution in [0.5, 0.6) is 0 Å². The van der Waals surface area contributed by atoms with Crippen molar-refractivity contribution in [2.24, 2.45) is 0 Å². The molecule has 4 rings (SSSR count). The number of benzene rings is 2. The zero-order chi connectivity index (χ0) is 19.0. The van der Waals surface area contributed by atoms with Crippen LogP contribution >= 0.6 is 0 Å². The van der Waals surface area contributed by atoms with Gasteiger partial charge in [-0.15, -0.1) is 0 Å². The molecule has 0 aliphatic carbocycles. The lowest BCUT2D eigenvalue weighted by molar-refractivity contribution is -0.120. The first kappa shape index (κ1) is 17.7. The van der Waals surface area contributed by atoms with Crippen LogP contribution in [-0.4, -0.2) is 43.4 Å². The minimum absolute atomic E-state index is 0.211. The number of anilines is 1. The van der Waals surface area contributed by atoms with Gasteiger partial charge in [0.15, 0.2) is 5.58 Å².